The highest BCUT2D eigenvalue weighted by atomic mass is 19.1. The van der Waals surface area contributed by atoms with Gasteiger partial charge in [0.2, 0.25) is 0 Å². The minimum absolute atomic E-state index is 0.0469. The number of aliphatic hydroxyl groups excluding tert-OH is 1. The number of benzene rings is 1. The summed E-state index contributed by atoms with van der Waals surface area (Å²) in [4.78, 5) is 20.9. The van der Waals surface area contributed by atoms with E-state index < -0.39 is 11.9 Å². The zero-order valence-corrected chi connectivity index (χ0v) is 16.2. The first kappa shape index (κ1) is 19.8. The lowest BCUT2D eigenvalue weighted by molar-refractivity contribution is 0.198. The number of halogens is 1. The van der Waals surface area contributed by atoms with Gasteiger partial charge in [-0.2, -0.15) is 5.10 Å². The molecule has 1 atom stereocenters. The molecule has 0 aliphatic carbocycles. The maximum Gasteiger partial charge on any atom is 0.412 e. The highest BCUT2D eigenvalue weighted by Gasteiger charge is 2.32. The van der Waals surface area contributed by atoms with Crippen molar-refractivity contribution in [1.29, 1.82) is 0 Å². The molecule has 2 aromatic heterocycles. The van der Waals surface area contributed by atoms with Crippen LogP contribution in [0.4, 0.5) is 14.9 Å². The van der Waals surface area contributed by atoms with E-state index in [1.165, 1.54) is 4.90 Å². The average molecular weight is 413 g/mol. The van der Waals surface area contributed by atoms with Crippen molar-refractivity contribution in [2.75, 3.05) is 11.5 Å². The van der Waals surface area contributed by atoms with E-state index in [0.717, 1.165) is 18.0 Å². The molecule has 1 aliphatic heterocycles. The van der Waals surface area contributed by atoms with Crippen molar-refractivity contribution in [2.24, 2.45) is 0 Å². The summed E-state index contributed by atoms with van der Waals surface area (Å²) in [6.07, 6.45) is 5.57. The number of nitrogens with zero attached hydrogens (tertiary/aromatic N) is 5. The summed E-state index contributed by atoms with van der Waals surface area (Å²) < 4.78 is 20.8. The van der Waals surface area contributed by atoms with Gasteiger partial charge in [0.1, 0.15) is 5.75 Å². The Morgan fingerprint density at radius 1 is 1.30 bits per heavy atom. The number of ether oxygens (including phenoxy) is 1. The van der Waals surface area contributed by atoms with Crippen LogP contribution in [0.15, 0.2) is 36.9 Å². The summed E-state index contributed by atoms with van der Waals surface area (Å²) in [7, 11) is 0. The largest absolute Gasteiger partial charge is 0.465 e. The zero-order valence-electron chi connectivity index (χ0n) is 16.2. The summed E-state index contributed by atoms with van der Waals surface area (Å²) in [6.45, 7) is 2.14. The van der Waals surface area contributed by atoms with Gasteiger partial charge in [0, 0.05) is 28.9 Å². The Balaban J connectivity index is 1.85. The number of amides is 1. The van der Waals surface area contributed by atoms with Crippen molar-refractivity contribution < 1.29 is 24.1 Å². The van der Waals surface area contributed by atoms with Crippen molar-refractivity contribution in [3.63, 3.8) is 0 Å². The molecule has 2 N–H and O–H groups in total. The molecule has 0 unspecified atom stereocenters. The Morgan fingerprint density at radius 2 is 2.07 bits per heavy atom. The molecule has 1 amide bonds. The molecule has 0 saturated heterocycles. The summed E-state index contributed by atoms with van der Waals surface area (Å²) in [6, 6.07) is 3.28. The van der Waals surface area contributed by atoms with Crippen LogP contribution in [0, 0.1) is 5.82 Å². The van der Waals surface area contributed by atoms with Crippen LogP contribution >= 0.6 is 0 Å². The van der Waals surface area contributed by atoms with E-state index in [1.807, 2.05) is 6.92 Å². The van der Waals surface area contributed by atoms with E-state index in [1.54, 1.807) is 29.2 Å². The van der Waals surface area contributed by atoms with Crippen LogP contribution in [0.2, 0.25) is 0 Å². The van der Waals surface area contributed by atoms with Crippen molar-refractivity contribution >= 4 is 11.8 Å². The van der Waals surface area contributed by atoms with Crippen LogP contribution in [0.1, 0.15) is 18.9 Å². The maximum atomic E-state index is 13.2. The Bertz CT molecular complexity index is 1070. The molecule has 3 heterocycles. The Kier molecular flexibility index (Phi) is 5.32. The van der Waals surface area contributed by atoms with E-state index in [9.17, 15) is 14.3 Å². The third-order valence-corrected chi connectivity index (χ3v) is 5.02. The molecule has 3 aromatic rings. The minimum Gasteiger partial charge on any atom is -0.465 e. The lowest BCUT2D eigenvalue weighted by Crippen LogP contribution is -2.41. The molecule has 4 rings (SSSR count). The number of aliphatic hydroxyl groups is 1. The molecule has 0 radical (unpaired) electrons. The Morgan fingerprint density at radius 3 is 2.77 bits per heavy atom. The molecule has 9 nitrogen and oxygen atoms in total. The summed E-state index contributed by atoms with van der Waals surface area (Å²) >= 11 is 0. The number of carbonyl (C=O) groups is 1. The van der Waals surface area contributed by atoms with Crippen molar-refractivity contribution in [3.05, 3.63) is 48.3 Å². The average Bonchev–Trinajstić information content (AvgIpc) is 3.18. The molecule has 30 heavy (non-hydrogen) atoms. The number of hydrogen-bond donors (Lipinski definition) is 2. The molecule has 0 fully saturated rings. The van der Waals surface area contributed by atoms with Crippen LogP contribution in [-0.4, -0.2) is 48.7 Å². The fraction of sp³-hybridized carbons (Fsp3) is 0.300. The second kappa shape index (κ2) is 8.07. The molecule has 1 aromatic carbocycles. The molecule has 10 heteroatoms. The molecule has 0 saturated carbocycles. The van der Waals surface area contributed by atoms with Crippen LogP contribution in [0.5, 0.6) is 11.8 Å². The third kappa shape index (κ3) is 3.69. The summed E-state index contributed by atoms with van der Waals surface area (Å²) in [5, 5.41) is 23.1. The quantitative estimate of drug-likeness (QED) is 0.661. The monoisotopic (exact) mass is 413 g/mol. The minimum atomic E-state index is -1.05. The lowest BCUT2D eigenvalue weighted by Gasteiger charge is -2.34. The third-order valence-electron chi connectivity index (χ3n) is 5.02. The topological polar surface area (TPSA) is 114 Å². The second-order valence-corrected chi connectivity index (χ2v) is 6.98. The lowest BCUT2D eigenvalue weighted by atomic mass is 9.92. The number of carboxylic acid groups (broad SMARTS) is 1. The van der Waals surface area contributed by atoms with Gasteiger partial charge < -0.3 is 14.9 Å². The SMILES string of the molecule is C[C@H]1CCc2c(ccc(-c3cnn(CCO)c3)c2Oc2ncc(F)cn2)N1C(=O)O. The molecule has 156 valence electrons. The van der Waals surface area contributed by atoms with Gasteiger partial charge in [-0.05, 0) is 31.9 Å². The number of anilines is 1. The summed E-state index contributed by atoms with van der Waals surface area (Å²) in [5.74, 6) is -0.186. The zero-order chi connectivity index (χ0) is 21.3. The fourth-order valence-corrected chi connectivity index (χ4v) is 3.61. The van der Waals surface area contributed by atoms with E-state index >= 15 is 0 Å². The van der Waals surface area contributed by atoms with Gasteiger partial charge in [0.15, 0.2) is 5.82 Å². The van der Waals surface area contributed by atoms with Crippen molar-refractivity contribution in [1.82, 2.24) is 19.7 Å². The number of aromatic nitrogens is 4. The molecule has 1 aliphatic rings. The van der Waals surface area contributed by atoms with Gasteiger partial charge in [0.05, 0.1) is 37.4 Å². The van der Waals surface area contributed by atoms with Crippen LogP contribution in [0.25, 0.3) is 11.1 Å². The first-order valence-corrected chi connectivity index (χ1v) is 9.45. The standard InChI is InChI=1S/C20H20FN5O4/c1-12-2-3-16-17(26(12)20(28)29)5-4-15(13-8-24-25(11-13)6-7-27)18(16)30-19-22-9-14(21)10-23-19/h4-5,8-12,27H,2-3,6-7H2,1H3,(H,28,29)/t12-/m0/s1. The first-order valence-electron chi connectivity index (χ1n) is 9.45. The van der Waals surface area contributed by atoms with Gasteiger partial charge >= 0.3 is 12.1 Å². The molecule has 0 spiro atoms. The normalized spacial score (nSPS) is 15.7. The summed E-state index contributed by atoms with van der Waals surface area (Å²) in [5.41, 5.74) is 2.63. The Hall–Kier alpha value is -3.53. The number of hydrogen-bond acceptors (Lipinski definition) is 6. The molecular formula is C20H20FN5O4. The second-order valence-electron chi connectivity index (χ2n) is 6.98. The van der Waals surface area contributed by atoms with Gasteiger partial charge in [-0.25, -0.2) is 19.2 Å². The van der Waals surface area contributed by atoms with Crippen LogP contribution in [-0.2, 0) is 13.0 Å². The van der Waals surface area contributed by atoms with Gasteiger partial charge in [-0.3, -0.25) is 9.58 Å². The van der Waals surface area contributed by atoms with Gasteiger partial charge in [-0.1, -0.05) is 0 Å². The van der Waals surface area contributed by atoms with E-state index in [2.05, 4.69) is 15.1 Å². The predicted molar refractivity (Wildman–Crippen MR) is 105 cm³/mol. The maximum absolute atomic E-state index is 13.2. The van der Waals surface area contributed by atoms with Crippen molar-refractivity contribution in [3.8, 4) is 22.9 Å². The van der Waals surface area contributed by atoms with Gasteiger partial charge in [0.25, 0.3) is 0 Å². The molecule has 0 bridgehead atoms. The highest BCUT2D eigenvalue weighted by Crippen LogP contribution is 2.44. The van der Waals surface area contributed by atoms with E-state index in [-0.39, 0.29) is 18.7 Å². The van der Waals surface area contributed by atoms with Gasteiger partial charge in [-0.15, -0.1) is 0 Å². The van der Waals surface area contributed by atoms with Crippen LogP contribution in [0.3, 0.4) is 0 Å². The Labute approximate surface area is 171 Å². The first-order chi connectivity index (χ1) is 14.5. The van der Waals surface area contributed by atoms with E-state index in [4.69, 9.17) is 9.84 Å². The molecular weight excluding hydrogens is 393 g/mol. The van der Waals surface area contributed by atoms with E-state index in [0.29, 0.717) is 42.0 Å². The number of fused-ring (bicyclic) bond motifs is 1. The highest BCUT2D eigenvalue weighted by molar-refractivity contribution is 5.91. The fourth-order valence-electron chi connectivity index (χ4n) is 3.61. The van der Waals surface area contributed by atoms with Crippen LogP contribution < -0.4 is 9.64 Å². The smallest absolute Gasteiger partial charge is 0.412 e. The number of rotatable bonds is 5. The van der Waals surface area contributed by atoms with Crippen molar-refractivity contribution in [2.45, 2.75) is 32.4 Å². The predicted octanol–water partition coefficient (Wildman–Crippen LogP) is 3.08.